The molecule has 0 aromatic heterocycles. The van der Waals surface area contributed by atoms with Gasteiger partial charge in [0.1, 0.15) is 29.2 Å². The van der Waals surface area contributed by atoms with Crippen LogP contribution in [0.2, 0.25) is 0 Å². The molecule has 2 aromatic rings. The van der Waals surface area contributed by atoms with Gasteiger partial charge in [-0.25, -0.2) is 4.79 Å². The maximum absolute atomic E-state index is 14.1. The molecule has 1 saturated carbocycles. The predicted molar refractivity (Wildman–Crippen MR) is 154 cm³/mol. The highest BCUT2D eigenvalue weighted by molar-refractivity contribution is 5.91. The second-order valence-corrected chi connectivity index (χ2v) is 11.9. The number of rotatable bonds is 8. The normalized spacial score (nSPS) is 19.4. The molecule has 1 aliphatic carbocycles. The maximum Gasteiger partial charge on any atom is 0.408 e. The lowest BCUT2D eigenvalue weighted by Gasteiger charge is -2.35. The average Bonchev–Trinajstić information content (AvgIpc) is 3.41. The predicted octanol–water partition coefficient (Wildman–Crippen LogP) is 6.12. The van der Waals surface area contributed by atoms with Crippen molar-refractivity contribution >= 4 is 17.9 Å². The minimum Gasteiger partial charge on any atom is -0.457 e. The molecule has 3 atom stereocenters. The first kappa shape index (κ1) is 29.4. The topological polar surface area (TPSA) is 97.0 Å². The number of ether oxygens (including phenoxy) is 2. The summed E-state index contributed by atoms with van der Waals surface area (Å²) in [6.07, 6.45) is 6.09. The van der Waals surface area contributed by atoms with Crippen molar-refractivity contribution in [3.8, 4) is 11.5 Å². The summed E-state index contributed by atoms with van der Waals surface area (Å²) in [6, 6.07) is 16.0. The maximum atomic E-state index is 14.1. The molecular formula is C32H43N3O5. The number of carbonyl (C=O) groups excluding carboxylic acids is 3. The summed E-state index contributed by atoms with van der Waals surface area (Å²) >= 11 is 0. The van der Waals surface area contributed by atoms with Gasteiger partial charge in [0.05, 0.1) is 6.04 Å². The van der Waals surface area contributed by atoms with Crippen LogP contribution < -0.4 is 15.4 Å². The van der Waals surface area contributed by atoms with Crippen LogP contribution >= 0.6 is 0 Å². The smallest absolute Gasteiger partial charge is 0.408 e. The van der Waals surface area contributed by atoms with E-state index in [0.29, 0.717) is 6.54 Å². The number of carbonyl (C=O) groups is 3. The zero-order chi connectivity index (χ0) is 28.7. The standard InChI is InChI=1S/C32H43N3O5/c1-22(33-31(38)40-32(2,3)4)29(36)34-28(23-13-7-5-8-14-23)30(37)35-20-12-19-27(35)24-15-11-18-26(21-24)39-25-16-9-6-10-17-25/h6,9-11,15-18,21-23,27-28H,5,7-8,12-14,19-20H2,1-4H3,(H,33,38)(H,34,36)/t22-,27-,28-/m0/s1. The van der Waals surface area contributed by atoms with E-state index < -0.39 is 23.8 Å². The molecule has 0 bridgehead atoms. The van der Waals surface area contributed by atoms with Gasteiger partial charge in [-0.3, -0.25) is 9.59 Å². The first-order valence-electron chi connectivity index (χ1n) is 14.5. The quantitative estimate of drug-likeness (QED) is 0.413. The van der Waals surface area contributed by atoms with Crippen LogP contribution in [0.15, 0.2) is 54.6 Å². The lowest BCUT2D eigenvalue weighted by atomic mass is 9.83. The van der Waals surface area contributed by atoms with Crippen LogP contribution in [0.3, 0.4) is 0 Å². The Labute approximate surface area is 237 Å². The van der Waals surface area contributed by atoms with Crippen molar-refractivity contribution < 1.29 is 23.9 Å². The number of amides is 3. The van der Waals surface area contributed by atoms with Gasteiger partial charge in [-0.15, -0.1) is 0 Å². The van der Waals surface area contributed by atoms with Crippen molar-refractivity contribution in [2.24, 2.45) is 5.92 Å². The number of hydrogen-bond donors (Lipinski definition) is 2. The molecule has 2 N–H and O–H groups in total. The van der Waals surface area contributed by atoms with Crippen molar-refractivity contribution in [1.82, 2.24) is 15.5 Å². The molecule has 216 valence electrons. The summed E-state index contributed by atoms with van der Waals surface area (Å²) in [6.45, 7) is 7.55. The molecule has 3 amide bonds. The fourth-order valence-corrected chi connectivity index (χ4v) is 5.64. The van der Waals surface area contributed by atoms with E-state index >= 15 is 0 Å². The van der Waals surface area contributed by atoms with Crippen LogP contribution in [-0.2, 0) is 14.3 Å². The highest BCUT2D eigenvalue weighted by atomic mass is 16.6. The highest BCUT2D eigenvalue weighted by Gasteiger charge is 2.39. The zero-order valence-electron chi connectivity index (χ0n) is 24.2. The molecule has 1 heterocycles. The molecule has 40 heavy (non-hydrogen) atoms. The molecule has 2 fully saturated rings. The molecule has 1 saturated heterocycles. The summed E-state index contributed by atoms with van der Waals surface area (Å²) in [4.78, 5) is 41.5. The van der Waals surface area contributed by atoms with E-state index in [1.165, 1.54) is 0 Å². The Morgan fingerprint density at radius 2 is 1.57 bits per heavy atom. The van der Waals surface area contributed by atoms with Gasteiger partial charge in [0.25, 0.3) is 0 Å². The molecule has 2 aliphatic rings. The molecule has 8 heteroatoms. The number of benzene rings is 2. The highest BCUT2D eigenvalue weighted by Crippen LogP contribution is 2.36. The molecule has 4 rings (SSSR count). The lowest BCUT2D eigenvalue weighted by Crippen LogP contribution is -2.56. The SMILES string of the molecule is C[C@H](NC(=O)OC(C)(C)C)C(=O)N[C@H](C(=O)N1CCC[C@H]1c1cccc(Oc2ccccc2)c1)C1CCCCC1. The molecule has 0 unspecified atom stereocenters. The van der Waals surface area contributed by atoms with Crippen LogP contribution in [0.5, 0.6) is 11.5 Å². The Morgan fingerprint density at radius 3 is 2.27 bits per heavy atom. The third-order valence-electron chi connectivity index (χ3n) is 7.57. The Morgan fingerprint density at radius 1 is 0.875 bits per heavy atom. The van der Waals surface area contributed by atoms with Crippen LogP contribution in [0.1, 0.15) is 84.2 Å². The number of nitrogens with zero attached hydrogens (tertiary/aromatic N) is 1. The summed E-state index contributed by atoms with van der Waals surface area (Å²) in [5.74, 6) is 1.11. The van der Waals surface area contributed by atoms with Crippen LogP contribution in [0.25, 0.3) is 0 Å². The lowest BCUT2D eigenvalue weighted by molar-refractivity contribution is -0.139. The van der Waals surface area contributed by atoms with E-state index in [1.54, 1.807) is 27.7 Å². The van der Waals surface area contributed by atoms with Crippen LogP contribution in [0.4, 0.5) is 4.79 Å². The van der Waals surface area contributed by atoms with E-state index in [2.05, 4.69) is 10.6 Å². The van der Waals surface area contributed by atoms with Crippen molar-refractivity contribution in [2.75, 3.05) is 6.54 Å². The summed E-state index contributed by atoms with van der Waals surface area (Å²) < 4.78 is 11.4. The van der Waals surface area contributed by atoms with Crippen molar-refractivity contribution in [2.45, 2.75) is 96.4 Å². The molecular weight excluding hydrogens is 506 g/mol. The second kappa shape index (κ2) is 13.2. The molecule has 8 nitrogen and oxygen atoms in total. The average molecular weight is 550 g/mol. The van der Waals surface area contributed by atoms with Gasteiger partial charge < -0.3 is 25.0 Å². The summed E-state index contributed by atoms with van der Waals surface area (Å²) in [7, 11) is 0. The Bertz CT molecular complexity index is 1160. The fourth-order valence-electron chi connectivity index (χ4n) is 5.64. The second-order valence-electron chi connectivity index (χ2n) is 11.9. The third-order valence-corrected chi connectivity index (χ3v) is 7.57. The van der Waals surface area contributed by atoms with E-state index in [9.17, 15) is 14.4 Å². The zero-order valence-corrected chi connectivity index (χ0v) is 24.2. The molecule has 0 radical (unpaired) electrons. The molecule has 0 spiro atoms. The van der Waals surface area contributed by atoms with Gasteiger partial charge in [-0.1, -0.05) is 49.6 Å². The van der Waals surface area contributed by atoms with Gasteiger partial charge in [0.15, 0.2) is 0 Å². The van der Waals surface area contributed by atoms with Crippen molar-refractivity contribution in [3.63, 3.8) is 0 Å². The van der Waals surface area contributed by atoms with E-state index in [0.717, 1.165) is 62.0 Å². The number of alkyl carbamates (subject to hydrolysis) is 1. The van der Waals surface area contributed by atoms with Gasteiger partial charge >= 0.3 is 6.09 Å². The number of para-hydroxylation sites is 1. The minimum absolute atomic E-state index is 0.0541. The number of nitrogens with one attached hydrogen (secondary N) is 2. The van der Waals surface area contributed by atoms with E-state index in [1.807, 2.05) is 59.5 Å². The monoisotopic (exact) mass is 549 g/mol. The van der Waals surface area contributed by atoms with Crippen LogP contribution in [-0.4, -0.2) is 47.0 Å². The first-order valence-corrected chi connectivity index (χ1v) is 14.5. The molecule has 1 aliphatic heterocycles. The Balaban J connectivity index is 1.49. The third kappa shape index (κ3) is 7.99. The van der Waals surface area contributed by atoms with Crippen LogP contribution in [0, 0.1) is 5.92 Å². The van der Waals surface area contributed by atoms with Gasteiger partial charge in [-0.05, 0) is 89.1 Å². The Hall–Kier alpha value is -3.55. The van der Waals surface area contributed by atoms with Gasteiger partial charge in [0, 0.05) is 6.54 Å². The Kier molecular flexibility index (Phi) is 9.71. The largest absolute Gasteiger partial charge is 0.457 e. The van der Waals surface area contributed by atoms with E-state index in [-0.39, 0.29) is 23.8 Å². The summed E-state index contributed by atoms with van der Waals surface area (Å²) in [5, 5.41) is 5.62. The molecule has 2 aromatic carbocycles. The van der Waals surface area contributed by atoms with E-state index in [4.69, 9.17) is 9.47 Å². The number of likely N-dealkylation sites (tertiary alicyclic amines) is 1. The van der Waals surface area contributed by atoms with Gasteiger partial charge in [0.2, 0.25) is 11.8 Å². The first-order chi connectivity index (χ1) is 19.1. The summed E-state index contributed by atoms with van der Waals surface area (Å²) in [5.41, 5.74) is 0.350. The van der Waals surface area contributed by atoms with Crippen molar-refractivity contribution in [1.29, 1.82) is 0 Å². The number of hydrogen-bond acceptors (Lipinski definition) is 5. The minimum atomic E-state index is -0.838. The van der Waals surface area contributed by atoms with Crippen molar-refractivity contribution in [3.05, 3.63) is 60.2 Å². The van der Waals surface area contributed by atoms with Gasteiger partial charge in [-0.2, -0.15) is 0 Å². The fraction of sp³-hybridized carbons (Fsp3) is 0.531.